The Balaban J connectivity index is 1.93. The third-order valence-corrected chi connectivity index (χ3v) is 9.97. The van der Waals surface area contributed by atoms with E-state index in [1.54, 1.807) is 41.3 Å². The molecule has 53 heavy (non-hydrogen) atoms. The summed E-state index contributed by atoms with van der Waals surface area (Å²) in [6.07, 6.45) is 1.88. The fourth-order valence-electron chi connectivity index (χ4n) is 6.40. The first-order valence-electron chi connectivity index (χ1n) is 18.2. The molecule has 4 N–H and O–H groups in total. The van der Waals surface area contributed by atoms with Gasteiger partial charge in [0.1, 0.15) is 6.61 Å². The average Bonchev–Trinajstić information content (AvgIpc) is 3.69. The highest BCUT2D eigenvalue weighted by Gasteiger charge is 2.48. The van der Waals surface area contributed by atoms with E-state index in [1.165, 1.54) is 15.7 Å². The number of carboxylic acid groups (broad SMARTS) is 1. The Morgan fingerprint density at radius 3 is 2.34 bits per heavy atom. The van der Waals surface area contributed by atoms with E-state index in [9.17, 15) is 24.3 Å². The van der Waals surface area contributed by atoms with Crippen LogP contribution in [0, 0.1) is 29.1 Å². The van der Waals surface area contributed by atoms with Gasteiger partial charge in [0, 0.05) is 52.0 Å². The van der Waals surface area contributed by atoms with Crippen molar-refractivity contribution in [3.8, 4) is 11.5 Å². The van der Waals surface area contributed by atoms with Gasteiger partial charge in [0.25, 0.3) is 0 Å². The number of ether oxygens (including phenoxy) is 5. The second-order valence-corrected chi connectivity index (χ2v) is 15.0. The normalized spacial score (nSPS) is 18.5. The van der Waals surface area contributed by atoms with Gasteiger partial charge in [-0.2, -0.15) is 0 Å². The number of benzene rings is 1. The Labute approximate surface area is 312 Å². The van der Waals surface area contributed by atoms with Crippen molar-refractivity contribution in [2.24, 2.45) is 41.9 Å². The lowest BCUT2D eigenvalue weighted by molar-refractivity contribution is -0.130. The highest BCUT2D eigenvalue weighted by molar-refractivity contribution is 5.85. The van der Waals surface area contributed by atoms with Crippen molar-refractivity contribution in [2.75, 3.05) is 40.6 Å². The number of imidazole rings is 1. The molecular formula is C38H59N5O10. The predicted octanol–water partition coefficient (Wildman–Crippen LogP) is 4.27. The lowest BCUT2D eigenvalue weighted by atomic mass is 9.80. The van der Waals surface area contributed by atoms with Crippen molar-refractivity contribution in [3.63, 3.8) is 0 Å². The molecule has 1 aliphatic rings. The van der Waals surface area contributed by atoms with E-state index >= 15 is 0 Å². The summed E-state index contributed by atoms with van der Waals surface area (Å²) in [4.78, 5) is 56.7. The maximum absolute atomic E-state index is 13.6. The number of amides is 3. The molecule has 1 unspecified atom stereocenters. The van der Waals surface area contributed by atoms with Crippen molar-refractivity contribution in [1.29, 1.82) is 0 Å². The number of nitrogens with two attached hydrogens (primary N) is 1. The largest absolute Gasteiger partial charge is 0.493 e. The Morgan fingerprint density at radius 2 is 1.77 bits per heavy atom. The summed E-state index contributed by atoms with van der Waals surface area (Å²) in [5.41, 5.74) is 5.56. The number of rotatable bonds is 21. The number of carbonyl (C=O) groups is 4. The zero-order valence-corrected chi connectivity index (χ0v) is 32.6. The molecule has 2 aromatic rings. The van der Waals surface area contributed by atoms with Crippen LogP contribution in [0.2, 0.25) is 0 Å². The van der Waals surface area contributed by atoms with Crippen LogP contribution in [0.25, 0.3) is 0 Å². The van der Waals surface area contributed by atoms with Gasteiger partial charge in [0.15, 0.2) is 17.7 Å². The number of aromatic nitrogens is 2. The molecule has 5 atom stereocenters. The number of nitrogens with one attached hydrogen (secondary N) is 1. The number of methoxy groups -OCH3 is 2. The molecule has 3 rings (SSSR count). The molecular weight excluding hydrogens is 686 g/mol. The Morgan fingerprint density at radius 1 is 1.06 bits per heavy atom. The van der Waals surface area contributed by atoms with Crippen LogP contribution in [-0.2, 0) is 37.3 Å². The summed E-state index contributed by atoms with van der Waals surface area (Å²) in [6.45, 7) is 12.0. The van der Waals surface area contributed by atoms with Crippen LogP contribution in [0.5, 0.6) is 11.5 Å². The molecule has 1 aliphatic heterocycles. The smallest absolute Gasteiger partial charge is 0.409 e. The molecule has 15 nitrogen and oxygen atoms in total. The number of hydrogen-bond donors (Lipinski definition) is 3. The number of primary amides is 1. The van der Waals surface area contributed by atoms with Crippen LogP contribution in [0.4, 0.5) is 4.79 Å². The van der Waals surface area contributed by atoms with Gasteiger partial charge in [0.2, 0.25) is 17.6 Å². The molecule has 0 radical (unpaired) electrons. The minimum absolute atomic E-state index is 0.0285. The highest BCUT2D eigenvalue weighted by Crippen LogP contribution is 2.37. The number of esters is 1. The summed E-state index contributed by atoms with van der Waals surface area (Å²) >= 11 is 0. The van der Waals surface area contributed by atoms with Crippen LogP contribution >= 0.6 is 0 Å². The number of hydrogen-bond acceptors (Lipinski definition) is 10. The van der Waals surface area contributed by atoms with Crippen molar-refractivity contribution in [1.82, 2.24) is 19.8 Å². The maximum Gasteiger partial charge on any atom is 0.409 e. The second kappa shape index (κ2) is 19.6. The number of nitrogens with zero attached hydrogens (tertiary/aromatic N) is 3. The van der Waals surface area contributed by atoms with Crippen LogP contribution in [0.3, 0.4) is 0 Å². The van der Waals surface area contributed by atoms with Gasteiger partial charge in [-0.1, -0.05) is 33.8 Å². The molecule has 1 fully saturated rings. The molecule has 1 saturated heterocycles. The Hall–Kier alpha value is -4.37. The zero-order chi connectivity index (χ0) is 39.5. The molecule has 3 amide bonds. The monoisotopic (exact) mass is 745 g/mol. The lowest BCUT2D eigenvalue weighted by Crippen LogP contribution is -2.47. The van der Waals surface area contributed by atoms with Crippen LogP contribution < -0.4 is 20.5 Å². The Bertz CT molecular complexity index is 1530. The fraction of sp³-hybridized carbons (Fsp3) is 0.658. The van der Waals surface area contributed by atoms with E-state index < -0.39 is 47.7 Å². The first-order chi connectivity index (χ1) is 25.0. The van der Waals surface area contributed by atoms with Gasteiger partial charge in [-0.25, -0.2) is 14.6 Å². The molecule has 0 aliphatic carbocycles. The van der Waals surface area contributed by atoms with E-state index in [1.807, 2.05) is 32.0 Å². The molecule has 2 heterocycles. The summed E-state index contributed by atoms with van der Waals surface area (Å²) in [6, 6.07) is 5.10. The Kier molecular flexibility index (Phi) is 15.9. The summed E-state index contributed by atoms with van der Waals surface area (Å²) in [7, 11) is 4.88. The van der Waals surface area contributed by atoms with Gasteiger partial charge < -0.3 is 44.4 Å². The van der Waals surface area contributed by atoms with Crippen molar-refractivity contribution >= 4 is 23.9 Å². The number of carbonyl (C=O) groups excluding carboxylic acids is 3. The van der Waals surface area contributed by atoms with E-state index in [2.05, 4.69) is 24.1 Å². The van der Waals surface area contributed by atoms with E-state index in [0.29, 0.717) is 44.0 Å². The van der Waals surface area contributed by atoms with Crippen molar-refractivity contribution < 1.29 is 48.0 Å². The molecule has 296 valence electrons. The standard InChI is InChI=1S/C38H59N5O10/c1-23(2)26(17-25-11-12-29(50-9)31(18-25)51-16-10-15-49-8)19-28-30(20-27(24(3)4)34(44)41-22-38(5,6)36(39)46)53-32(43(28)37(47)48)21-52-35(45)33-40-13-14-42(33)7/h11-14,18,23-24,26-28,30,32H,10,15-17,19-22H2,1-9H3,(H2,39,46)(H,41,44)(H,47,48)/t26-,27-,28-,30-,32?/m0/s1. The van der Waals surface area contributed by atoms with Crippen LogP contribution in [0.15, 0.2) is 30.6 Å². The third kappa shape index (κ3) is 11.8. The maximum atomic E-state index is 13.6. The van der Waals surface area contributed by atoms with Crippen LogP contribution in [0.1, 0.15) is 77.0 Å². The van der Waals surface area contributed by atoms with Gasteiger partial charge >= 0.3 is 12.1 Å². The quantitative estimate of drug-likeness (QED) is 0.122. The molecule has 15 heteroatoms. The molecule has 0 saturated carbocycles. The van der Waals surface area contributed by atoms with Gasteiger partial charge in [-0.15, -0.1) is 0 Å². The third-order valence-electron chi connectivity index (χ3n) is 9.97. The summed E-state index contributed by atoms with van der Waals surface area (Å²) < 4.78 is 30.2. The minimum atomic E-state index is -1.23. The van der Waals surface area contributed by atoms with E-state index in [0.717, 1.165) is 5.56 Å². The van der Waals surface area contributed by atoms with Crippen molar-refractivity contribution in [3.05, 3.63) is 42.0 Å². The van der Waals surface area contributed by atoms with Gasteiger partial charge in [-0.3, -0.25) is 14.5 Å². The number of aryl methyl sites for hydroxylation is 1. The second-order valence-electron chi connectivity index (χ2n) is 15.0. The van der Waals surface area contributed by atoms with E-state index in [4.69, 9.17) is 29.4 Å². The highest BCUT2D eigenvalue weighted by atomic mass is 16.6. The molecule has 1 aromatic heterocycles. The first-order valence-corrected chi connectivity index (χ1v) is 18.2. The van der Waals surface area contributed by atoms with E-state index in [-0.39, 0.29) is 49.1 Å². The fourth-order valence-corrected chi connectivity index (χ4v) is 6.40. The predicted molar refractivity (Wildman–Crippen MR) is 196 cm³/mol. The first kappa shape index (κ1) is 43.0. The topological polar surface area (TPSA) is 194 Å². The van der Waals surface area contributed by atoms with Crippen LogP contribution in [-0.4, -0.2) is 102 Å². The zero-order valence-electron chi connectivity index (χ0n) is 32.6. The molecule has 0 bridgehead atoms. The van der Waals surface area contributed by atoms with Crippen molar-refractivity contribution in [2.45, 2.75) is 85.6 Å². The summed E-state index contributed by atoms with van der Waals surface area (Å²) in [5, 5.41) is 13.5. The molecule has 1 aromatic carbocycles. The summed E-state index contributed by atoms with van der Waals surface area (Å²) in [5.74, 6) is -0.924. The van der Waals surface area contributed by atoms with Gasteiger partial charge in [-0.05, 0) is 68.6 Å². The minimum Gasteiger partial charge on any atom is -0.493 e. The molecule has 0 spiro atoms. The average molecular weight is 746 g/mol. The lowest BCUT2D eigenvalue weighted by Gasteiger charge is -2.33. The van der Waals surface area contributed by atoms with Gasteiger partial charge in [0.05, 0.1) is 31.3 Å². The SMILES string of the molecule is COCCCOc1cc(C[C@@H](C[C@H]2[C@H](C[C@H](C(=O)NCC(C)(C)C(N)=O)C(C)C)OC(COC(=O)c3nccn3C)N2C(=O)O)C(C)C)ccc1OC.